The van der Waals surface area contributed by atoms with Gasteiger partial charge >= 0.3 is 0 Å². The molecule has 0 bridgehead atoms. The van der Waals surface area contributed by atoms with Crippen LogP contribution in [-0.4, -0.2) is 26.8 Å². The minimum atomic E-state index is -1.14. The molecule has 1 amide bonds. The normalized spacial score (nSPS) is 18.0. The molecular formula is C21H14N2O7. The summed E-state index contributed by atoms with van der Waals surface area (Å²) >= 11 is 0. The highest BCUT2D eigenvalue weighted by atomic mass is 16.6. The average molecular weight is 406 g/mol. The van der Waals surface area contributed by atoms with Crippen LogP contribution in [0.5, 0.6) is 5.75 Å². The van der Waals surface area contributed by atoms with Crippen LogP contribution in [0.2, 0.25) is 0 Å². The van der Waals surface area contributed by atoms with Gasteiger partial charge in [-0.05, 0) is 36.4 Å². The molecular weight excluding hydrogens is 392 g/mol. The van der Waals surface area contributed by atoms with E-state index in [0.29, 0.717) is 0 Å². The number of carbonyl (C=O) groups is 2. The van der Waals surface area contributed by atoms with Crippen LogP contribution < -0.4 is 4.90 Å². The van der Waals surface area contributed by atoms with Crippen LogP contribution in [-0.2, 0) is 9.59 Å². The Morgan fingerprint density at radius 2 is 1.73 bits per heavy atom. The fourth-order valence-electron chi connectivity index (χ4n) is 3.36. The molecule has 9 nitrogen and oxygen atoms in total. The Morgan fingerprint density at radius 1 is 1.03 bits per heavy atom. The standard InChI is InChI=1S/C21H14N2O7/c24-15-5-2-1-4-14(15)22-18(16-6-3-11-30-16)17(20(26)21(22)27)19(25)12-7-9-13(10-8-12)23(28)29/h1-11,18,24-25H/b19-17-. The summed E-state index contributed by atoms with van der Waals surface area (Å²) in [7, 11) is 0. The molecule has 4 rings (SSSR count). The Balaban J connectivity index is 1.90. The van der Waals surface area contributed by atoms with Crippen LogP contribution in [0.3, 0.4) is 0 Å². The number of phenolic OH excluding ortho intramolecular Hbond substituents is 1. The summed E-state index contributed by atoms with van der Waals surface area (Å²) in [5, 5.41) is 31.9. The zero-order valence-electron chi connectivity index (χ0n) is 15.3. The minimum Gasteiger partial charge on any atom is -0.507 e. The van der Waals surface area contributed by atoms with E-state index in [2.05, 4.69) is 0 Å². The van der Waals surface area contributed by atoms with E-state index in [-0.39, 0.29) is 34.0 Å². The quantitative estimate of drug-likeness (QED) is 0.223. The second kappa shape index (κ2) is 7.21. The van der Waals surface area contributed by atoms with Gasteiger partial charge in [-0.3, -0.25) is 24.6 Å². The summed E-state index contributed by atoms with van der Waals surface area (Å²) in [6.45, 7) is 0. The van der Waals surface area contributed by atoms with Crippen molar-refractivity contribution in [2.45, 2.75) is 6.04 Å². The van der Waals surface area contributed by atoms with Crippen LogP contribution in [0.25, 0.3) is 5.76 Å². The van der Waals surface area contributed by atoms with Gasteiger partial charge in [0, 0.05) is 17.7 Å². The van der Waals surface area contributed by atoms with Crippen molar-refractivity contribution in [2.24, 2.45) is 0 Å². The van der Waals surface area contributed by atoms with Crippen LogP contribution in [0, 0.1) is 10.1 Å². The number of aliphatic hydroxyl groups excluding tert-OH is 1. The van der Waals surface area contributed by atoms with Crippen LogP contribution in [0.15, 0.2) is 76.9 Å². The molecule has 2 N–H and O–H groups in total. The van der Waals surface area contributed by atoms with Gasteiger partial charge in [0.1, 0.15) is 23.3 Å². The average Bonchev–Trinajstić information content (AvgIpc) is 3.35. The highest BCUT2D eigenvalue weighted by Gasteiger charge is 2.49. The van der Waals surface area contributed by atoms with Crippen molar-refractivity contribution in [1.82, 2.24) is 0 Å². The number of hydrogen-bond donors (Lipinski definition) is 2. The number of furan rings is 1. The fraction of sp³-hybridized carbons (Fsp3) is 0.0476. The van der Waals surface area contributed by atoms with E-state index < -0.39 is 28.4 Å². The molecule has 2 aromatic carbocycles. The zero-order valence-corrected chi connectivity index (χ0v) is 15.3. The van der Waals surface area contributed by atoms with Crippen molar-refractivity contribution in [3.05, 3.63) is 93.9 Å². The Hall–Kier alpha value is -4.40. The molecule has 2 heterocycles. The van der Waals surface area contributed by atoms with Gasteiger partial charge in [-0.1, -0.05) is 12.1 Å². The molecule has 1 unspecified atom stereocenters. The third-order valence-electron chi connectivity index (χ3n) is 4.75. The summed E-state index contributed by atoms with van der Waals surface area (Å²) < 4.78 is 5.41. The first-order chi connectivity index (χ1) is 14.4. The number of para-hydroxylation sites is 2. The Labute approximate surface area is 169 Å². The van der Waals surface area contributed by atoms with Gasteiger partial charge in [-0.15, -0.1) is 0 Å². The summed E-state index contributed by atoms with van der Waals surface area (Å²) in [6, 6.07) is 12.8. The number of benzene rings is 2. The van der Waals surface area contributed by atoms with E-state index in [4.69, 9.17) is 4.42 Å². The number of rotatable bonds is 4. The van der Waals surface area contributed by atoms with Crippen molar-refractivity contribution in [3.63, 3.8) is 0 Å². The molecule has 1 aliphatic rings. The number of non-ortho nitro benzene ring substituents is 1. The number of nitro groups is 1. The number of nitro benzene ring substituents is 1. The number of Topliss-reactive ketones (excluding diaryl/α,β-unsaturated/α-hetero) is 1. The third-order valence-corrected chi connectivity index (χ3v) is 4.75. The first kappa shape index (κ1) is 18.9. The van der Waals surface area contributed by atoms with Gasteiger partial charge in [-0.25, -0.2) is 0 Å². The topological polar surface area (TPSA) is 134 Å². The van der Waals surface area contributed by atoms with E-state index in [9.17, 15) is 29.9 Å². The number of amides is 1. The number of anilines is 1. The van der Waals surface area contributed by atoms with Crippen molar-refractivity contribution in [1.29, 1.82) is 0 Å². The fourth-order valence-corrected chi connectivity index (χ4v) is 3.36. The number of hydrogen-bond acceptors (Lipinski definition) is 7. The molecule has 150 valence electrons. The molecule has 1 fully saturated rings. The molecule has 0 aliphatic carbocycles. The lowest BCUT2D eigenvalue weighted by atomic mass is 9.99. The van der Waals surface area contributed by atoms with Gasteiger partial charge in [0.25, 0.3) is 17.4 Å². The summed E-state index contributed by atoms with van der Waals surface area (Å²) in [6.07, 6.45) is 1.35. The minimum absolute atomic E-state index is 0.0729. The Kier molecular flexibility index (Phi) is 4.55. The van der Waals surface area contributed by atoms with Gasteiger partial charge in [0.05, 0.1) is 22.4 Å². The number of aliphatic hydroxyl groups is 1. The second-order valence-corrected chi connectivity index (χ2v) is 6.48. The maximum Gasteiger partial charge on any atom is 0.300 e. The van der Waals surface area contributed by atoms with Crippen LogP contribution in [0.1, 0.15) is 17.4 Å². The SMILES string of the molecule is O=C1C(=O)N(c2ccccc2O)C(c2ccco2)/C1=C(/O)c1ccc([N+](=O)[O-])cc1. The Morgan fingerprint density at radius 3 is 2.33 bits per heavy atom. The number of carbonyl (C=O) groups excluding carboxylic acids is 2. The molecule has 0 saturated carbocycles. The largest absolute Gasteiger partial charge is 0.507 e. The lowest BCUT2D eigenvalue weighted by molar-refractivity contribution is -0.384. The van der Waals surface area contributed by atoms with Gasteiger partial charge in [0.2, 0.25) is 0 Å². The highest BCUT2D eigenvalue weighted by Crippen LogP contribution is 2.44. The van der Waals surface area contributed by atoms with Gasteiger partial charge in [0.15, 0.2) is 0 Å². The Bertz CT molecular complexity index is 1180. The molecule has 0 spiro atoms. The van der Waals surface area contributed by atoms with Crippen molar-refractivity contribution in [2.75, 3.05) is 4.90 Å². The van der Waals surface area contributed by atoms with Crippen molar-refractivity contribution < 1.29 is 29.1 Å². The second-order valence-electron chi connectivity index (χ2n) is 6.48. The van der Waals surface area contributed by atoms with Crippen molar-refractivity contribution in [3.8, 4) is 5.75 Å². The zero-order chi connectivity index (χ0) is 21.4. The maximum atomic E-state index is 12.9. The molecule has 30 heavy (non-hydrogen) atoms. The molecule has 1 saturated heterocycles. The molecule has 3 aromatic rings. The highest BCUT2D eigenvalue weighted by molar-refractivity contribution is 6.51. The van der Waals surface area contributed by atoms with E-state index in [0.717, 1.165) is 4.90 Å². The molecule has 1 atom stereocenters. The first-order valence-corrected chi connectivity index (χ1v) is 8.77. The molecule has 1 aromatic heterocycles. The predicted molar refractivity (Wildman–Crippen MR) is 105 cm³/mol. The van der Waals surface area contributed by atoms with E-state index in [1.165, 1.54) is 48.7 Å². The first-order valence-electron chi connectivity index (χ1n) is 8.77. The smallest absolute Gasteiger partial charge is 0.300 e. The molecule has 0 radical (unpaired) electrons. The maximum absolute atomic E-state index is 12.9. The number of nitrogens with zero attached hydrogens (tertiary/aromatic N) is 2. The molecule has 9 heteroatoms. The lowest BCUT2D eigenvalue weighted by Gasteiger charge is -2.23. The summed E-state index contributed by atoms with van der Waals surface area (Å²) in [5.74, 6) is -2.48. The summed E-state index contributed by atoms with van der Waals surface area (Å²) in [5.41, 5.74) is -0.257. The third kappa shape index (κ3) is 2.98. The number of ketones is 1. The lowest BCUT2D eigenvalue weighted by Crippen LogP contribution is -2.29. The number of aromatic hydroxyl groups is 1. The van der Waals surface area contributed by atoms with Gasteiger partial charge < -0.3 is 14.6 Å². The molecule has 1 aliphatic heterocycles. The van der Waals surface area contributed by atoms with E-state index >= 15 is 0 Å². The van der Waals surface area contributed by atoms with Crippen LogP contribution >= 0.6 is 0 Å². The van der Waals surface area contributed by atoms with E-state index in [1.54, 1.807) is 18.2 Å². The van der Waals surface area contributed by atoms with Crippen molar-refractivity contribution >= 4 is 28.8 Å². The predicted octanol–water partition coefficient (Wildman–Crippen LogP) is 3.52. The summed E-state index contributed by atoms with van der Waals surface area (Å²) in [4.78, 5) is 37.0. The number of phenols is 1. The van der Waals surface area contributed by atoms with E-state index in [1.807, 2.05) is 0 Å². The van der Waals surface area contributed by atoms with Crippen LogP contribution in [0.4, 0.5) is 11.4 Å². The monoisotopic (exact) mass is 406 g/mol. The van der Waals surface area contributed by atoms with Gasteiger partial charge in [-0.2, -0.15) is 0 Å².